The molecule has 0 spiro atoms. The Kier molecular flexibility index (Phi) is 6.43. The SMILES string of the molecule is N#CC(=Cc1ccc(-c2ccc([N+](=O)[O-])cc2Cl)o1)C(=O)Nc1ccc(Cl)c(Cl)c1. The minimum absolute atomic E-state index is 0.131. The molecule has 0 saturated carbocycles. The van der Waals surface area contributed by atoms with Crippen LogP contribution in [0.15, 0.2) is 58.5 Å². The monoisotopic (exact) mass is 461 g/mol. The molecule has 1 heterocycles. The molecule has 0 aliphatic heterocycles. The second kappa shape index (κ2) is 9.01. The van der Waals surface area contributed by atoms with Crippen LogP contribution in [0.4, 0.5) is 11.4 Å². The number of nitro groups is 1. The Bertz CT molecular complexity index is 1230. The van der Waals surface area contributed by atoms with Crippen LogP contribution in [0.5, 0.6) is 0 Å². The maximum absolute atomic E-state index is 12.4. The molecule has 1 amide bonds. The highest BCUT2D eigenvalue weighted by Gasteiger charge is 2.15. The van der Waals surface area contributed by atoms with E-state index in [0.717, 1.165) is 0 Å². The van der Waals surface area contributed by atoms with Crippen molar-refractivity contribution in [3.8, 4) is 17.4 Å². The predicted octanol–water partition coefficient (Wildman–Crippen LogP) is 6.36. The molecule has 0 bridgehead atoms. The van der Waals surface area contributed by atoms with Gasteiger partial charge in [0.25, 0.3) is 11.6 Å². The first-order valence-corrected chi connectivity index (χ1v) is 9.34. The molecule has 7 nitrogen and oxygen atoms in total. The predicted molar refractivity (Wildman–Crippen MR) is 114 cm³/mol. The summed E-state index contributed by atoms with van der Waals surface area (Å²) in [6, 6.07) is 13.4. The Morgan fingerprint density at radius 2 is 1.83 bits per heavy atom. The van der Waals surface area contributed by atoms with Gasteiger partial charge in [0.05, 0.1) is 20.0 Å². The van der Waals surface area contributed by atoms with Crippen molar-refractivity contribution < 1.29 is 14.1 Å². The van der Waals surface area contributed by atoms with Gasteiger partial charge in [-0.05, 0) is 36.4 Å². The van der Waals surface area contributed by atoms with Crippen LogP contribution in [-0.4, -0.2) is 10.8 Å². The zero-order valence-corrected chi connectivity index (χ0v) is 17.1. The lowest BCUT2D eigenvalue weighted by molar-refractivity contribution is -0.384. The van der Waals surface area contributed by atoms with Gasteiger partial charge in [0.2, 0.25) is 0 Å². The second-order valence-corrected chi connectivity index (χ2v) is 7.10. The van der Waals surface area contributed by atoms with E-state index in [2.05, 4.69) is 5.32 Å². The van der Waals surface area contributed by atoms with E-state index < -0.39 is 10.8 Å². The number of amides is 1. The fourth-order valence-electron chi connectivity index (χ4n) is 2.46. The van der Waals surface area contributed by atoms with Crippen LogP contribution >= 0.6 is 34.8 Å². The molecule has 1 N–H and O–H groups in total. The number of benzene rings is 2. The molecule has 1 aromatic heterocycles. The number of carbonyl (C=O) groups is 1. The molecular formula is C20H10Cl3N3O4. The van der Waals surface area contributed by atoms with Crippen molar-refractivity contribution >= 4 is 58.2 Å². The average Bonchev–Trinajstić information content (AvgIpc) is 3.17. The van der Waals surface area contributed by atoms with E-state index in [1.165, 1.54) is 42.5 Å². The molecular weight excluding hydrogens is 453 g/mol. The molecule has 0 fully saturated rings. The summed E-state index contributed by atoms with van der Waals surface area (Å²) >= 11 is 17.9. The van der Waals surface area contributed by atoms with Crippen molar-refractivity contribution in [2.75, 3.05) is 5.32 Å². The van der Waals surface area contributed by atoms with Crippen LogP contribution < -0.4 is 5.32 Å². The summed E-state index contributed by atoms with van der Waals surface area (Å²) in [6.45, 7) is 0. The fraction of sp³-hybridized carbons (Fsp3) is 0. The maximum atomic E-state index is 12.4. The van der Waals surface area contributed by atoms with Crippen molar-refractivity contribution in [2.24, 2.45) is 0 Å². The van der Waals surface area contributed by atoms with Crippen molar-refractivity contribution in [1.29, 1.82) is 5.26 Å². The van der Waals surface area contributed by atoms with Gasteiger partial charge < -0.3 is 9.73 Å². The number of rotatable bonds is 5. The van der Waals surface area contributed by atoms with Crippen LogP contribution in [0.25, 0.3) is 17.4 Å². The van der Waals surface area contributed by atoms with Crippen LogP contribution in [0.1, 0.15) is 5.76 Å². The lowest BCUT2D eigenvalue weighted by Gasteiger charge is -2.05. The number of hydrogen-bond acceptors (Lipinski definition) is 5. The Morgan fingerprint density at radius 1 is 1.07 bits per heavy atom. The molecule has 0 unspecified atom stereocenters. The summed E-state index contributed by atoms with van der Waals surface area (Å²) in [5.74, 6) is -0.120. The zero-order chi connectivity index (χ0) is 21.8. The minimum atomic E-state index is -0.665. The number of carbonyl (C=O) groups excluding carboxylic acids is 1. The van der Waals surface area contributed by atoms with Gasteiger partial charge in [0.15, 0.2) is 0 Å². The number of nitrogens with zero attached hydrogens (tertiary/aromatic N) is 2. The van der Waals surface area contributed by atoms with E-state index in [1.807, 2.05) is 0 Å². The third-order valence-electron chi connectivity index (χ3n) is 3.88. The Hall–Kier alpha value is -3.31. The number of non-ortho nitro benzene ring substituents is 1. The molecule has 0 atom stereocenters. The van der Waals surface area contributed by atoms with Crippen LogP contribution in [0, 0.1) is 21.4 Å². The van der Waals surface area contributed by atoms with Gasteiger partial charge in [-0.2, -0.15) is 5.26 Å². The highest BCUT2D eigenvalue weighted by molar-refractivity contribution is 6.42. The van der Waals surface area contributed by atoms with E-state index in [-0.39, 0.29) is 27.1 Å². The smallest absolute Gasteiger partial charge is 0.270 e. The molecule has 10 heteroatoms. The molecule has 150 valence electrons. The highest BCUT2D eigenvalue weighted by Crippen LogP contribution is 2.32. The molecule has 3 rings (SSSR count). The number of furan rings is 1. The quantitative estimate of drug-likeness (QED) is 0.205. The fourth-order valence-corrected chi connectivity index (χ4v) is 3.02. The van der Waals surface area contributed by atoms with Crippen LogP contribution in [0.2, 0.25) is 15.1 Å². The summed E-state index contributed by atoms with van der Waals surface area (Å²) in [4.78, 5) is 22.6. The van der Waals surface area contributed by atoms with E-state index in [4.69, 9.17) is 39.2 Å². The third-order valence-corrected chi connectivity index (χ3v) is 4.94. The number of nitriles is 1. The molecule has 0 aliphatic carbocycles. The average molecular weight is 463 g/mol. The molecule has 0 saturated heterocycles. The first-order valence-electron chi connectivity index (χ1n) is 8.21. The Balaban J connectivity index is 1.83. The third kappa shape index (κ3) is 4.81. The van der Waals surface area contributed by atoms with Crippen LogP contribution in [-0.2, 0) is 4.79 Å². The topological polar surface area (TPSA) is 109 Å². The minimum Gasteiger partial charge on any atom is -0.457 e. The van der Waals surface area contributed by atoms with Gasteiger partial charge in [-0.3, -0.25) is 14.9 Å². The van der Waals surface area contributed by atoms with E-state index in [1.54, 1.807) is 18.2 Å². The summed E-state index contributed by atoms with van der Waals surface area (Å²) < 4.78 is 5.62. The maximum Gasteiger partial charge on any atom is 0.270 e. The van der Waals surface area contributed by atoms with Gasteiger partial charge >= 0.3 is 0 Å². The second-order valence-electron chi connectivity index (χ2n) is 5.88. The standard InChI is InChI=1S/C20H10Cl3N3O4/c21-16-5-1-12(8-18(16)23)25-20(27)11(10-24)7-14-3-6-19(30-14)15-4-2-13(26(28)29)9-17(15)22/h1-9H,(H,25,27). The van der Waals surface area contributed by atoms with Crippen molar-refractivity contribution in [1.82, 2.24) is 0 Å². The Labute approximate surface area is 185 Å². The van der Waals surface area contributed by atoms with Gasteiger partial charge in [-0.1, -0.05) is 34.8 Å². The summed E-state index contributed by atoms with van der Waals surface area (Å²) in [5, 5.41) is 23.4. The number of anilines is 1. The summed E-state index contributed by atoms with van der Waals surface area (Å²) in [6.07, 6.45) is 1.26. The van der Waals surface area contributed by atoms with E-state index >= 15 is 0 Å². The van der Waals surface area contributed by atoms with Gasteiger partial charge in [-0.25, -0.2) is 0 Å². The van der Waals surface area contributed by atoms with Gasteiger partial charge in [-0.15, -0.1) is 0 Å². The normalized spacial score (nSPS) is 11.1. The highest BCUT2D eigenvalue weighted by atomic mass is 35.5. The van der Waals surface area contributed by atoms with Gasteiger partial charge in [0, 0.05) is 29.5 Å². The number of hydrogen-bond donors (Lipinski definition) is 1. The van der Waals surface area contributed by atoms with E-state index in [0.29, 0.717) is 22.0 Å². The summed E-state index contributed by atoms with van der Waals surface area (Å²) in [7, 11) is 0. The van der Waals surface area contributed by atoms with Crippen LogP contribution in [0.3, 0.4) is 0 Å². The van der Waals surface area contributed by atoms with E-state index in [9.17, 15) is 20.2 Å². The first kappa shape index (κ1) is 21.4. The molecule has 30 heavy (non-hydrogen) atoms. The lowest BCUT2D eigenvalue weighted by atomic mass is 10.1. The zero-order valence-electron chi connectivity index (χ0n) is 14.9. The molecule has 3 aromatic rings. The van der Waals surface area contributed by atoms with Crippen molar-refractivity contribution in [3.63, 3.8) is 0 Å². The first-order chi connectivity index (χ1) is 14.3. The number of nitro benzene ring substituents is 1. The van der Waals surface area contributed by atoms with Gasteiger partial charge in [0.1, 0.15) is 23.2 Å². The molecule has 0 radical (unpaired) electrons. The van der Waals surface area contributed by atoms with Crippen molar-refractivity contribution in [2.45, 2.75) is 0 Å². The number of halogens is 3. The summed E-state index contributed by atoms with van der Waals surface area (Å²) in [5.41, 5.74) is 0.437. The molecule has 2 aromatic carbocycles. The number of nitrogens with one attached hydrogen (secondary N) is 1. The largest absolute Gasteiger partial charge is 0.457 e. The Morgan fingerprint density at radius 3 is 2.47 bits per heavy atom. The lowest BCUT2D eigenvalue weighted by Crippen LogP contribution is -2.13. The van der Waals surface area contributed by atoms with Crippen molar-refractivity contribution in [3.05, 3.63) is 85.0 Å². The molecule has 0 aliphatic rings.